The highest BCUT2D eigenvalue weighted by Gasteiger charge is 2.12. The molecule has 0 radical (unpaired) electrons. The SMILES string of the molecule is Nc1nsc(-c2c(F)cccc2Br)n1. The van der Waals surface area contributed by atoms with Crippen LogP contribution in [0.2, 0.25) is 0 Å². The highest BCUT2D eigenvalue weighted by Crippen LogP contribution is 2.31. The summed E-state index contributed by atoms with van der Waals surface area (Å²) in [6, 6.07) is 4.74. The van der Waals surface area contributed by atoms with Crippen molar-refractivity contribution in [2.24, 2.45) is 0 Å². The lowest BCUT2D eigenvalue weighted by Crippen LogP contribution is -1.88. The predicted molar refractivity (Wildman–Crippen MR) is 57.4 cm³/mol. The summed E-state index contributed by atoms with van der Waals surface area (Å²) in [4.78, 5) is 3.92. The standard InChI is InChI=1S/C8H5BrFN3S/c9-4-2-1-3-5(10)6(4)7-12-8(11)13-14-7/h1-3H,(H2,11,13). The molecular formula is C8H5BrFN3S. The molecule has 0 amide bonds. The number of nitrogens with zero attached hydrogens (tertiary/aromatic N) is 2. The van der Waals surface area contributed by atoms with Crippen LogP contribution in [0.1, 0.15) is 0 Å². The van der Waals surface area contributed by atoms with Gasteiger partial charge in [-0.15, -0.1) is 0 Å². The summed E-state index contributed by atoms with van der Waals surface area (Å²) in [7, 11) is 0. The Morgan fingerprint density at radius 2 is 2.21 bits per heavy atom. The molecule has 0 aliphatic rings. The van der Waals surface area contributed by atoms with Crippen LogP contribution < -0.4 is 5.73 Å². The van der Waals surface area contributed by atoms with Crippen LogP contribution in [-0.4, -0.2) is 9.36 Å². The summed E-state index contributed by atoms with van der Waals surface area (Å²) >= 11 is 4.33. The molecule has 0 aliphatic heterocycles. The van der Waals surface area contributed by atoms with Crippen LogP contribution in [-0.2, 0) is 0 Å². The molecule has 0 bridgehead atoms. The van der Waals surface area contributed by atoms with E-state index in [0.717, 1.165) is 11.5 Å². The Labute approximate surface area is 92.1 Å². The molecule has 6 heteroatoms. The van der Waals surface area contributed by atoms with Crippen molar-refractivity contribution in [2.75, 3.05) is 5.73 Å². The first-order chi connectivity index (χ1) is 6.68. The van der Waals surface area contributed by atoms with Crippen LogP contribution in [0.4, 0.5) is 10.3 Å². The molecule has 2 rings (SSSR count). The fourth-order valence-corrected chi connectivity index (χ4v) is 2.35. The summed E-state index contributed by atoms with van der Waals surface area (Å²) in [6.45, 7) is 0. The second kappa shape index (κ2) is 3.62. The maximum Gasteiger partial charge on any atom is 0.232 e. The fourth-order valence-electron chi connectivity index (χ4n) is 1.04. The van der Waals surface area contributed by atoms with Crippen molar-refractivity contribution in [1.82, 2.24) is 9.36 Å². The number of aromatic nitrogens is 2. The summed E-state index contributed by atoms with van der Waals surface area (Å²) < 4.78 is 17.9. The van der Waals surface area contributed by atoms with E-state index in [4.69, 9.17) is 5.73 Å². The smallest absolute Gasteiger partial charge is 0.232 e. The van der Waals surface area contributed by atoms with Gasteiger partial charge in [-0.1, -0.05) is 6.07 Å². The monoisotopic (exact) mass is 273 g/mol. The minimum atomic E-state index is -0.337. The van der Waals surface area contributed by atoms with Crippen molar-refractivity contribution in [3.05, 3.63) is 28.5 Å². The van der Waals surface area contributed by atoms with Crippen molar-refractivity contribution in [1.29, 1.82) is 0 Å². The normalized spacial score (nSPS) is 10.4. The van der Waals surface area contributed by atoms with Crippen LogP contribution in [0.5, 0.6) is 0 Å². The van der Waals surface area contributed by atoms with E-state index in [-0.39, 0.29) is 11.8 Å². The zero-order valence-corrected chi connectivity index (χ0v) is 9.27. The molecule has 1 heterocycles. The van der Waals surface area contributed by atoms with Gasteiger partial charge in [0, 0.05) is 4.47 Å². The summed E-state index contributed by atoms with van der Waals surface area (Å²) in [5.74, 6) is -0.171. The fraction of sp³-hybridized carbons (Fsp3) is 0. The van der Waals surface area contributed by atoms with E-state index in [2.05, 4.69) is 25.3 Å². The Balaban J connectivity index is 2.61. The minimum absolute atomic E-state index is 0.167. The van der Waals surface area contributed by atoms with Gasteiger partial charge in [0.2, 0.25) is 5.95 Å². The molecule has 1 aromatic heterocycles. The maximum absolute atomic E-state index is 13.4. The maximum atomic E-state index is 13.4. The number of nitrogens with two attached hydrogens (primary N) is 1. The molecular weight excluding hydrogens is 269 g/mol. The highest BCUT2D eigenvalue weighted by molar-refractivity contribution is 9.10. The van der Waals surface area contributed by atoms with Gasteiger partial charge in [0.05, 0.1) is 5.56 Å². The van der Waals surface area contributed by atoms with Gasteiger partial charge in [-0.3, -0.25) is 0 Å². The van der Waals surface area contributed by atoms with Crippen molar-refractivity contribution in [2.45, 2.75) is 0 Å². The van der Waals surface area contributed by atoms with E-state index in [9.17, 15) is 4.39 Å². The zero-order chi connectivity index (χ0) is 10.1. The Kier molecular flexibility index (Phi) is 2.47. The molecule has 0 aliphatic carbocycles. The summed E-state index contributed by atoms with van der Waals surface area (Å²) in [6.07, 6.45) is 0. The molecule has 0 saturated heterocycles. The Hall–Kier alpha value is -1.01. The van der Waals surface area contributed by atoms with Crippen molar-refractivity contribution >= 4 is 33.4 Å². The topological polar surface area (TPSA) is 51.8 Å². The van der Waals surface area contributed by atoms with Crippen LogP contribution in [0, 0.1) is 5.82 Å². The largest absolute Gasteiger partial charge is 0.367 e. The van der Waals surface area contributed by atoms with Crippen LogP contribution in [0.3, 0.4) is 0 Å². The molecule has 2 N–H and O–H groups in total. The third-order valence-electron chi connectivity index (χ3n) is 1.62. The quantitative estimate of drug-likeness (QED) is 0.869. The Morgan fingerprint density at radius 1 is 1.43 bits per heavy atom. The lowest BCUT2D eigenvalue weighted by atomic mass is 10.2. The number of nitrogen functional groups attached to an aromatic ring is 1. The van der Waals surface area contributed by atoms with Gasteiger partial charge in [-0.25, -0.2) is 4.39 Å². The number of halogens is 2. The van der Waals surface area contributed by atoms with Gasteiger partial charge in [0.1, 0.15) is 10.8 Å². The van der Waals surface area contributed by atoms with Gasteiger partial charge in [-0.2, -0.15) is 9.36 Å². The van der Waals surface area contributed by atoms with Crippen LogP contribution in [0.15, 0.2) is 22.7 Å². The van der Waals surface area contributed by atoms with E-state index in [0.29, 0.717) is 15.0 Å². The average Bonchev–Trinajstić information content (AvgIpc) is 2.51. The average molecular weight is 274 g/mol. The van der Waals surface area contributed by atoms with Crippen molar-refractivity contribution < 1.29 is 4.39 Å². The second-order valence-electron chi connectivity index (χ2n) is 2.55. The lowest BCUT2D eigenvalue weighted by molar-refractivity contribution is 0.630. The molecule has 0 fully saturated rings. The number of hydrogen-bond acceptors (Lipinski definition) is 4. The van der Waals surface area contributed by atoms with E-state index >= 15 is 0 Å². The van der Waals surface area contributed by atoms with Gasteiger partial charge >= 0.3 is 0 Å². The molecule has 3 nitrogen and oxygen atoms in total. The number of rotatable bonds is 1. The van der Waals surface area contributed by atoms with E-state index in [1.165, 1.54) is 6.07 Å². The van der Waals surface area contributed by atoms with Crippen LogP contribution in [0.25, 0.3) is 10.6 Å². The molecule has 0 spiro atoms. The van der Waals surface area contributed by atoms with Gasteiger partial charge in [-0.05, 0) is 39.6 Å². The highest BCUT2D eigenvalue weighted by atomic mass is 79.9. The first kappa shape index (κ1) is 9.54. The van der Waals surface area contributed by atoms with E-state index < -0.39 is 0 Å². The number of hydrogen-bond donors (Lipinski definition) is 1. The Morgan fingerprint density at radius 3 is 2.79 bits per heavy atom. The third kappa shape index (κ3) is 1.62. The number of anilines is 1. The van der Waals surface area contributed by atoms with Gasteiger partial charge in [0.15, 0.2) is 0 Å². The predicted octanol–water partition coefficient (Wildman–Crippen LogP) is 2.69. The molecule has 0 unspecified atom stereocenters. The van der Waals surface area contributed by atoms with E-state index in [1.54, 1.807) is 12.1 Å². The molecule has 0 saturated carbocycles. The molecule has 2 aromatic rings. The third-order valence-corrected chi connectivity index (χ3v) is 3.03. The molecule has 0 atom stereocenters. The lowest BCUT2D eigenvalue weighted by Gasteiger charge is -2.00. The molecule has 1 aromatic carbocycles. The molecule has 72 valence electrons. The first-order valence-electron chi connectivity index (χ1n) is 3.72. The minimum Gasteiger partial charge on any atom is -0.367 e. The zero-order valence-electron chi connectivity index (χ0n) is 6.87. The molecule has 14 heavy (non-hydrogen) atoms. The van der Waals surface area contributed by atoms with Gasteiger partial charge < -0.3 is 5.73 Å². The summed E-state index contributed by atoms with van der Waals surface area (Å²) in [5, 5.41) is 0.479. The summed E-state index contributed by atoms with van der Waals surface area (Å²) in [5.41, 5.74) is 5.77. The van der Waals surface area contributed by atoms with Crippen molar-refractivity contribution in [3.8, 4) is 10.6 Å². The first-order valence-corrected chi connectivity index (χ1v) is 5.28. The second-order valence-corrected chi connectivity index (χ2v) is 4.16. The van der Waals surface area contributed by atoms with E-state index in [1.807, 2.05) is 0 Å². The van der Waals surface area contributed by atoms with Crippen LogP contribution >= 0.6 is 27.5 Å². The van der Waals surface area contributed by atoms with Gasteiger partial charge in [0.25, 0.3) is 0 Å². The van der Waals surface area contributed by atoms with Crippen molar-refractivity contribution in [3.63, 3.8) is 0 Å². The Bertz CT molecular complexity index is 451. The number of benzene rings is 1.